The van der Waals surface area contributed by atoms with Gasteiger partial charge in [0.15, 0.2) is 33.3 Å². The maximum Gasteiger partial charge on any atom is 0.192 e. The molecule has 0 atom stereocenters. The second-order valence-electron chi connectivity index (χ2n) is 25.1. The molecule has 0 amide bonds. The van der Waals surface area contributed by atoms with Crippen LogP contribution in [0.4, 0.5) is 0 Å². The number of rotatable bonds is 18. The fraction of sp³-hybridized carbons (Fsp3) is 0.714. The van der Waals surface area contributed by atoms with E-state index in [9.17, 15) is 0 Å². The van der Waals surface area contributed by atoms with E-state index in [1.807, 2.05) is 12.1 Å². The molecule has 1 rings (SSSR count). The zero-order valence-electron chi connectivity index (χ0n) is 48.8. The first-order valence-corrected chi connectivity index (χ1v) is 42.7. The van der Waals surface area contributed by atoms with E-state index in [2.05, 4.69) is 234 Å². The SMILES string of the molecule is CC[Si](C#C/C(CO[Si](C)(C)C(C)(C)C)=C(/C#Cc1ccc(C#C/C(CO[Si](C)(C)C(C)(C)C)=C(/C#C[Si](CC)(CC)CC)CO[Si](C)(C)C(C)(C)C)nn1)CO[Si](C)(C)C(C)(C)C)(CC)CC. The molecule has 0 unspecified atom stereocenters. The zero-order valence-corrected chi connectivity index (χ0v) is 54.8. The van der Waals surface area contributed by atoms with Gasteiger partial charge in [0.2, 0.25) is 0 Å². The Kier molecular flexibility index (Phi) is 24.0. The predicted molar refractivity (Wildman–Crippen MR) is 312 cm³/mol. The Hall–Kier alpha value is -2.06. The van der Waals surface area contributed by atoms with Crippen LogP contribution < -0.4 is 0 Å². The molecule has 12 heteroatoms. The second-order valence-corrected chi connectivity index (χ2v) is 54.2. The van der Waals surface area contributed by atoms with Crippen LogP contribution >= 0.6 is 0 Å². The molecule has 1 heterocycles. The van der Waals surface area contributed by atoms with Crippen LogP contribution in [0.25, 0.3) is 0 Å². The van der Waals surface area contributed by atoms with Crippen LogP contribution in [0, 0.1) is 46.6 Å². The van der Waals surface area contributed by atoms with Gasteiger partial charge in [0.1, 0.15) is 27.5 Å². The van der Waals surface area contributed by atoms with Crippen LogP contribution in [0.3, 0.4) is 0 Å². The van der Waals surface area contributed by atoms with Crippen molar-refractivity contribution in [3.8, 4) is 46.6 Å². The highest BCUT2D eigenvalue weighted by Gasteiger charge is 2.41. The number of hydrogen-bond donors (Lipinski definition) is 0. The van der Waals surface area contributed by atoms with Crippen LogP contribution in [0.1, 0.15) is 136 Å². The molecule has 0 aromatic carbocycles. The molecule has 0 aliphatic rings. The molecule has 0 bridgehead atoms. The first-order chi connectivity index (χ1) is 30.9. The van der Waals surface area contributed by atoms with Crippen molar-refractivity contribution < 1.29 is 17.7 Å². The van der Waals surface area contributed by atoms with Gasteiger partial charge >= 0.3 is 0 Å². The third-order valence-corrected chi connectivity index (χ3v) is 44.0. The molecule has 1 aromatic rings. The van der Waals surface area contributed by atoms with E-state index >= 15 is 0 Å². The van der Waals surface area contributed by atoms with Crippen molar-refractivity contribution in [2.24, 2.45) is 0 Å². The van der Waals surface area contributed by atoms with Crippen LogP contribution in [-0.4, -0.2) is 86.0 Å². The summed E-state index contributed by atoms with van der Waals surface area (Å²) < 4.78 is 27.6. The van der Waals surface area contributed by atoms with Gasteiger partial charge in [0, 0.05) is 22.3 Å². The monoisotopic (exact) mass is 1030 g/mol. The third-order valence-electron chi connectivity index (χ3n) is 16.6. The lowest BCUT2D eigenvalue weighted by Crippen LogP contribution is -2.42. The minimum atomic E-state index is -2.14. The summed E-state index contributed by atoms with van der Waals surface area (Å²) in [5.41, 5.74) is 12.4. The lowest BCUT2D eigenvalue weighted by atomic mass is 10.1. The Labute approximate surface area is 427 Å². The van der Waals surface area contributed by atoms with Crippen molar-refractivity contribution in [1.82, 2.24) is 10.2 Å². The van der Waals surface area contributed by atoms with E-state index in [1.54, 1.807) is 0 Å². The summed E-state index contributed by atoms with van der Waals surface area (Å²) in [6.07, 6.45) is 0. The molecule has 0 saturated carbocycles. The van der Waals surface area contributed by atoms with Gasteiger partial charge in [-0.05, 0) is 133 Å². The smallest absolute Gasteiger partial charge is 0.192 e. The van der Waals surface area contributed by atoms with Crippen LogP contribution in [0.5, 0.6) is 0 Å². The summed E-state index contributed by atoms with van der Waals surface area (Å²) >= 11 is 0. The van der Waals surface area contributed by atoms with Crippen molar-refractivity contribution in [2.75, 3.05) is 26.4 Å². The average Bonchev–Trinajstić information content (AvgIpc) is 3.23. The van der Waals surface area contributed by atoms with Crippen LogP contribution in [0.2, 0.25) is 109 Å². The summed E-state index contributed by atoms with van der Waals surface area (Å²) in [6.45, 7) is 61.0. The summed E-state index contributed by atoms with van der Waals surface area (Å²) in [5.74, 6) is 21.2. The fourth-order valence-corrected chi connectivity index (χ4v) is 14.5. The summed E-state index contributed by atoms with van der Waals surface area (Å²) in [4.78, 5) is 0. The molecular formula is C56H100N2O4Si6. The molecule has 68 heavy (non-hydrogen) atoms. The van der Waals surface area contributed by atoms with E-state index in [4.69, 9.17) is 17.7 Å². The largest absolute Gasteiger partial charge is 0.412 e. The molecular weight excluding hydrogens is 933 g/mol. The molecule has 0 aliphatic carbocycles. The highest BCUT2D eigenvalue weighted by Crippen LogP contribution is 2.40. The van der Waals surface area contributed by atoms with Gasteiger partial charge in [0.25, 0.3) is 0 Å². The fourth-order valence-electron chi connectivity index (χ4n) is 5.86. The molecule has 0 fully saturated rings. The van der Waals surface area contributed by atoms with Gasteiger partial charge in [-0.3, -0.25) is 0 Å². The first-order valence-electron chi connectivity index (χ1n) is 25.8. The first kappa shape index (κ1) is 64.0. The Morgan fingerprint density at radius 2 is 0.588 bits per heavy atom. The average molecular weight is 1030 g/mol. The molecule has 0 radical (unpaired) electrons. The van der Waals surface area contributed by atoms with E-state index in [1.165, 1.54) is 0 Å². The van der Waals surface area contributed by atoms with Gasteiger partial charge in [-0.15, -0.1) is 21.3 Å². The Bertz CT molecular complexity index is 1960. The third kappa shape index (κ3) is 18.8. The van der Waals surface area contributed by atoms with E-state index < -0.39 is 49.4 Å². The van der Waals surface area contributed by atoms with Crippen LogP contribution in [-0.2, 0) is 17.7 Å². The van der Waals surface area contributed by atoms with Crippen molar-refractivity contribution in [1.29, 1.82) is 0 Å². The lowest BCUT2D eigenvalue weighted by molar-refractivity contribution is 0.308. The maximum absolute atomic E-state index is 6.90. The van der Waals surface area contributed by atoms with Crippen molar-refractivity contribution in [2.45, 2.75) is 233 Å². The molecule has 0 aliphatic heterocycles. The van der Waals surface area contributed by atoms with Crippen molar-refractivity contribution >= 4 is 49.4 Å². The van der Waals surface area contributed by atoms with Gasteiger partial charge in [0.05, 0.1) is 26.4 Å². The zero-order chi connectivity index (χ0) is 52.8. The van der Waals surface area contributed by atoms with E-state index in [-0.39, 0.29) is 20.2 Å². The topological polar surface area (TPSA) is 62.7 Å². The molecule has 0 N–H and O–H groups in total. The Balaban J connectivity index is 4.22. The standard InChI is InChI=1S/C56H100N2O4Si6/c1-27-67(28-2,29-3)41-39-49(45-61-65(23,24)55(13,14)15)47(43-59-63(19,20)53(7,8)9)33-35-51-37-38-52(58-57-51)36-34-48(44-60-64(21,22)54(10,11)12)50(40-42-68(30-4,31-5)32-6)46-62-66(25,26)56(16,17)18/h37-38H,27-32,43-46H2,1-26H3/b49-47+,50-48+. The number of hydrogen-bond acceptors (Lipinski definition) is 6. The van der Waals surface area contributed by atoms with Gasteiger partial charge in [-0.1, -0.05) is 148 Å². The summed E-state index contributed by atoms with van der Waals surface area (Å²) in [6, 6.07) is 10.5. The minimum absolute atomic E-state index is 0.0376. The van der Waals surface area contributed by atoms with E-state index in [0.717, 1.165) is 58.6 Å². The molecule has 0 saturated heterocycles. The number of nitrogens with zero attached hydrogens (tertiary/aromatic N) is 2. The maximum atomic E-state index is 6.90. The van der Waals surface area contributed by atoms with Crippen LogP contribution in [0.15, 0.2) is 34.4 Å². The highest BCUT2D eigenvalue weighted by atomic mass is 28.4. The van der Waals surface area contributed by atoms with E-state index in [0.29, 0.717) is 37.8 Å². The lowest BCUT2D eigenvalue weighted by Gasteiger charge is -2.37. The summed E-state index contributed by atoms with van der Waals surface area (Å²) in [7, 11) is -12.1. The normalized spacial score (nSPS) is 14.3. The van der Waals surface area contributed by atoms with Gasteiger partial charge in [-0.25, -0.2) is 0 Å². The minimum Gasteiger partial charge on any atom is -0.412 e. The number of aromatic nitrogens is 2. The highest BCUT2D eigenvalue weighted by molar-refractivity contribution is 6.87. The second kappa shape index (κ2) is 25.5. The quantitative estimate of drug-likeness (QED) is 0.108. The predicted octanol–water partition coefficient (Wildman–Crippen LogP) is 16.0. The summed E-state index contributed by atoms with van der Waals surface area (Å²) in [5, 5.41) is 9.43. The van der Waals surface area contributed by atoms with Gasteiger partial charge in [-0.2, -0.15) is 0 Å². The molecule has 0 spiro atoms. The molecule has 1 aromatic heterocycles. The molecule has 6 nitrogen and oxygen atoms in total. The van der Waals surface area contributed by atoms with Gasteiger partial charge < -0.3 is 17.7 Å². The Morgan fingerprint density at radius 1 is 0.382 bits per heavy atom. The Morgan fingerprint density at radius 3 is 0.765 bits per heavy atom. The van der Waals surface area contributed by atoms with Crippen molar-refractivity contribution in [3.63, 3.8) is 0 Å². The molecule has 382 valence electrons. The van der Waals surface area contributed by atoms with Crippen molar-refractivity contribution in [3.05, 3.63) is 45.8 Å².